The van der Waals surface area contributed by atoms with Gasteiger partial charge in [0.2, 0.25) is 0 Å². The molecule has 0 spiro atoms. The molecule has 21 aromatic rings. The molecule has 120 heavy (non-hydrogen) atoms. The van der Waals surface area contributed by atoms with Crippen LogP contribution in [0.15, 0.2) is 317 Å². The molecule has 2 radical (unpaired) electrons. The Morgan fingerprint density at radius 2 is 0.808 bits per heavy atom. The van der Waals surface area contributed by atoms with E-state index >= 15 is 0 Å². The fourth-order valence-corrected chi connectivity index (χ4v) is 14.5. The number of aryl methyl sites for hydroxylation is 7. The van der Waals surface area contributed by atoms with Gasteiger partial charge in [-0.05, 0) is 85.8 Å². The quantitative estimate of drug-likeness (QED) is 0.105. The van der Waals surface area contributed by atoms with Gasteiger partial charge in [0.05, 0.1) is 34.0 Å². The maximum atomic E-state index is 4.73. The maximum absolute atomic E-state index is 4.73. The number of hydrogen-bond acceptors (Lipinski definition) is 12. The van der Waals surface area contributed by atoms with E-state index < -0.39 is 0 Å². The average molecular weight is 2080 g/mol. The maximum Gasteiger partial charge on any atom is 3.00 e. The van der Waals surface area contributed by atoms with Gasteiger partial charge in [0.1, 0.15) is 0 Å². The number of aromatic nitrogens is 12. The van der Waals surface area contributed by atoms with Crippen LogP contribution in [0.1, 0.15) is 52.3 Å². The van der Waals surface area contributed by atoms with Crippen molar-refractivity contribution in [2.45, 2.75) is 61.3 Å². The molecule has 12 aromatic carbocycles. The summed E-state index contributed by atoms with van der Waals surface area (Å²) in [6, 6.07) is 103. The predicted molar refractivity (Wildman–Crippen MR) is 477 cm³/mol. The summed E-state index contributed by atoms with van der Waals surface area (Å²) in [4.78, 5) is 52.7. The molecular formula is C105H77Ir3N12-4. The van der Waals surface area contributed by atoms with E-state index in [0.717, 1.165) is 133 Å². The molecule has 588 valence electrons. The number of rotatable bonds is 8. The minimum absolute atomic E-state index is 0. The Morgan fingerprint density at radius 1 is 0.292 bits per heavy atom. The topological polar surface area (TPSA) is 155 Å². The van der Waals surface area contributed by atoms with Crippen molar-refractivity contribution < 1.29 is 60.3 Å². The summed E-state index contributed by atoms with van der Waals surface area (Å²) in [5.74, 6) is 1.99. The van der Waals surface area contributed by atoms with Crippen molar-refractivity contribution in [1.29, 1.82) is 0 Å². The van der Waals surface area contributed by atoms with Crippen molar-refractivity contribution in [3.63, 3.8) is 0 Å². The van der Waals surface area contributed by atoms with E-state index in [0.29, 0.717) is 11.6 Å². The second kappa shape index (κ2) is 40.0. The fraction of sp³-hybridized carbons (Fsp3) is 0.0857. The summed E-state index contributed by atoms with van der Waals surface area (Å²) in [6.07, 6.45) is 25.7. The van der Waals surface area contributed by atoms with Crippen LogP contribution >= 0.6 is 0 Å². The smallest absolute Gasteiger partial charge is 0.360 e. The van der Waals surface area contributed by atoms with E-state index in [4.69, 9.17) is 4.98 Å². The second-order valence-corrected chi connectivity index (χ2v) is 28.6. The van der Waals surface area contributed by atoms with E-state index in [9.17, 15) is 0 Å². The van der Waals surface area contributed by atoms with E-state index in [2.05, 4.69) is 285 Å². The third-order valence-electron chi connectivity index (χ3n) is 19.8. The molecule has 0 N–H and O–H groups in total. The van der Waals surface area contributed by atoms with Crippen molar-refractivity contribution in [1.82, 2.24) is 59.8 Å². The van der Waals surface area contributed by atoms with Gasteiger partial charge >= 0.3 is 20.1 Å². The summed E-state index contributed by atoms with van der Waals surface area (Å²) in [5, 5.41) is 17.2. The number of pyridine rings is 6. The number of benzene rings is 12. The molecule has 15 heteroatoms. The molecule has 0 saturated carbocycles. The van der Waals surface area contributed by atoms with Gasteiger partial charge in [-0.25, -0.2) is 5.56 Å². The summed E-state index contributed by atoms with van der Waals surface area (Å²) >= 11 is 0. The van der Waals surface area contributed by atoms with Gasteiger partial charge < -0.3 is 19.9 Å². The Labute approximate surface area is 739 Å². The Kier molecular flexibility index (Phi) is 28.3. The van der Waals surface area contributed by atoms with E-state index in [-0.39, 0.29) is 60.3 Å². The zero-order chi connectivity index (χ0) is 80.0. The van der Waals surface area contributed by atoms with Gasteiger partial charge in [0, 0.05) is 128 Å². The van der Waals surface area contributed by atoms with Crippen LogP contribution in [0.3, 0.4) is 0 Å². The molecule has 0 atom stereocenters. The van der Waals surface area contributed by atoms with Crippen molar-refractivity contribution in [2.75, 3.05) is 0 Å². The SMILES string of the molecule is CCCc1cccc2[c-]c(-c3[c-]c(C)cc(C)c3)ccc12.Cc1[c-]c(-c2cc3ccccc3cn2)cc(C)c1.Cc1[c-]c(-c2nccc3ccccc23)cc(C)c1.[Ir+3].[Ir].[Ir].[c-]1ccccc1-c1ncc2ccc3ccccc3c2n1.[c-]1ccncc1-c1ncc2c(ccc3cnccc32)n1.[c-]1ccncc1-c1ncc2c(ccc3cnccc32)n1. The number of fused-ring (bicyclic) bond motifs is 12. The monoisotopic (exact) mass is 2080 g/mol. The minimum Gasteiger partial charge on any atom is -0.360 e. The first-order valence-electron chi connectivity index (χ1n) is 38.8. The van der Waals surface area contributed by atoms with Crippen molar-refractivity contribution >= 4 is 97.3 Å². The largest absolute Gasteiger partial charge is 3.00 e. The predicted octanol–water partition coefficient (Wildman–Crippen LogP) is 24.6. The summed E-state index contributed by atoms with van der Waals surface area (Å²) < 4.78 is 0. The molecule has 21 rings (SSSR count). The minimum atomic E-state index is 0. The van der Waals surface area contributed by atoms with Crippen LogP contribution in [0.25, 0.3) is 165 Å². The van der Waals surface area contributed by atoms with Gasteiger partial charge in [0.25, 0.3) is 0 Å². The van der Waals surface area contributed by atoms with E-state index in [1.165, 1.54) is 71.9 Å². The van der Waals surface area contributed by atoms with Crippen LogP contribution in [-0.2, 0) is 66.7 Å². The normalized spacial score (nSPS) is 10.7. The molecule has 0 saturated heterocycles. The Morgan fingerprint density at radius 3 is 1.42 bits per heavy atom. The number of hydrogen-bond donors (Lipinski definition) is 0. The molecule has 0 bridgehead atoms. The van der Waals surface area contributed by atoms with E-state index in [1.54, 1.807) is 49.3 Å². The molecular weight excluding hydrogens is 2010 g/mol. The van der Waals surface area contributed by atoms with Gasteiger partial charge in [-0.2, -0.15) is 29.8 Å². The number of nitrogens with zero attached hydrogens (tertiary/aromatic N) is 12. The van der Waals surface area contributed by atoms with Gasteiger partial charge in [-0.15, -0.1) is 165 Å². The van der Waals surface area contributed by atoms with Crippen LogP contribution < -0.4 is 0 Å². The third-order valence-corrected chi connectivity index (χ3v) is 19.8. The molecule has 0 aliphatic carbocycles. The van der Waals surface area contributed by atoms with Crippen LogP contribution in [0.2, 0.25) is 0 Å². The Balaban J connectivity index is 0.000000124. The molecule has 0 aliphatic rings. The zero-order valence-corrected chi connectivity index (χ0v) is 74.0. The molecule has 0 unspecified atom stereocenters. The van der Waals surface area contributed by atoms with Gasteiger partial charge in [-0.1, -0.05) is 217 Å². The van der Waals surface area contributed by atoms with Crippen molar-refractivity contribution in [3.05, 3.63) is 399 Å². The van der Waals surface area contributed by atoms with Crippen molar-refractivity contribution in [2.24, 2.45) is 0 Å². The fourth-order valence-electron chi connectivity index (χ4n) is 14.5. The summed E-state index contributed by atoms with van der Waals surface area (Å²) in [6.45, 7) is 14.8. The molecule has 0 amide bonds. The molecule has 9 aromatic heterocycles. The van der Waals surface area contributed by atoms with Crippen molar-refractivity contribution in [3.8, 4) is 67.8 Å². The molecule has 12 nitrogen and oxygen atoms in total. The standard InChI is InChI=1S/C21H20.C18H11N2.2C17H14N.2C16H9N4.3Ir/c1-4-6-17-7-5-8-19-14-18(9-10-21(17)19)20-12-15(2)11-16(3)13-20;1-2-7-14(8-3-1)18-19-12-15-11-10-13-6-4-5-9-16(13)17(15)20-18;1-12-7-13(2)9-16(8-12)17-10-14-5-3-4-6-15(14)11-18-17;1-12-9-13(2)11-15(10-12)17-16-6-4-3-5-14(16)7-8-18-17;2*1-2-12(9-17-6-1)16-19-10-14-13-5-7-18-8-11(13)3-4-15(14)20-16;;;/h5,7-12H,4,6H2,1-3H3;1-7,9-12H;3-8,10-11H,1-2H3;3-10H,1-2H3;2*1,3-10H;;;/q-2;5*-1;;;+3. The van der Waals surface area contributed by atoms with E-state index in [1.807, 2.05) is 128 Å². The summed E-state index contributed by atoms with van der Waals surface area (Å²) in [5.41, 5.74) is 20.4. The van der Waals surface area contributed by atoms with Crippen LogP contribution in [0, 0.1) is 84.0 Å². The molecule has 0 aliphatic heterocycles. The average Bonchev–Trinajstić information content (AvgIpc) is 0.801. The first-order valence-corrected chi connectivity index (χ1v) is 38.8. The molecule has 9 heterocycles. The van der Waals surface area contributed by atoms with Crippen LogP contribution in [-0.4, -0.2) is 59.8 Å². The first-order chi connectivity index (χ1) is 57.4. The van der Waals surface area contributed by atoms with Gasteiger partial charge in [0.15, 0.2) is 0 Å². The third kappa shape index (κ3) is 20.2. The first kappa shape index (κ1) is 85.0. The Bertz CT molecular complexity index is 6920. The summed E-state index contributed by atoms with van der Waals surface area (Å²) in [7, 11) is 0. The second-order valence-electron chi connectivity index (χ2n) is 28.6. The van der Waals surface area contributed by atoms with Gasteiger partial charge in [-0.3, -0.25) is 39.9 Å². The Hall–Kier alpha value is -12.9. The van der Waals surface area contributed by atoms with Crippen LogP contribution in [0.4, 0.5) is 0 Å². The van der Waals surface area contributed by atoms with Crippen LogP contribution in [0.5, 0.6) is 0 Å². The molecule has 0 fully saturated rings. The zero-order valence-electron chi connectivity index (χ0n) is 66.8.